The number of para-hydroxylation sites is 1. The fourth-order valence-electron chi connectivity index (χ4n) is 2.44. The molecule has 110 valence electrons. The van der Waals surface area contributed by atoms with E-state index >= 15 is 0 Å². The van der Waals surface area contributed by atoms with E-state index in [-0.39, 0.29) is 5.60 Å². The summed E-state index contributed by atoms with van der Waals surface area (Å²) in [4.78, 5) is 7.80. The molecule has 4 nitrogen and oxygen atoms in total. The number of rotatable bonds is 8. The molecule has 0 spiro atoms. The van der Waals surface area contributed by atoms with Gasteiger partial charge in [-0.3, -0.25) is 0 Å². The van der Waals surface area contributed by atoms with Crippen LogP contribution in [0.2, 0.25) is 0 Å². The van der Waals surface area contributed by atoms with Crippen molar-refractivity contribution in [3.63, 3.8) is 0 Å². The summed E-state index contributed by atoms with van der Waals surface area (Å²) < 4.78 is 0. The van der Waals surface area contributed by atoms with Gasteiger partial charge in [-0.25, -0.2) is 0 Å². The van der Waals surface area contributed by atoms with Crippen molar-refractivity contribution in [1.82, 2.24) is 15.2 Å². The van der Waals surface area contributed by atoms with E-state index in [4.69, 9.17) is 4.84 Å². The first kappa shape index (κ1) is 14.8. The Kier molecular flexibility index (Phi) is 4.99. The first-order valence-electron chi connectivity index (χ1n) is 7.68. The quantitative estimate of drug-likeness (QED) is 0.731. The van der Waals surface area contributed by atoms with Crippen LogP contribution >= 0.6 is 0 Å². The molecule has 4 heteroatoms. The molecule has 2 aromatic rings. The Hall–Kier alpha value is -1.58. The van der Waals surface area contributed by atoms with Gasteiger partial charge < -0.3 is 4.84 Å². The number of hydrogen-bond donors (Lipinski definition) is 0. The van der Waals surface area contributed by atoms with Crippen LogP contribution in [0, 0.1) is 0 Å². The standard InChI is InChI=1S/C16H25N3O/c1-4-6-12-16(3,13-7-5-2)20-19-15-11-9-8-10-14(15)17-18-19/h8-11H,4-7,12-13H2,1-3H3. The molecule has 0 radical (unpaired) electrons. The van der Waals surface area contributed by atoms with Crippen molar-refractivity contribution in [3.05, 3.63) is 24.3 Å². The van der Waals surface area contributed by atoms with Gasteiger partial charge in [-0.1, -0.05) is 43.7 Å². The molecule has 0 fully saturated rings. The molecular weight excluding hydrogens is 250 g/mol. The molecule has 20 heavy (non-hydrogen) atoms. The van der Waals surface area contributed by atoms with Crippen LogP contribution in [-0.2, 0) is 0 Å². The van der Waals surface area contributed by atoms with E-state index in [9.17, 15) is 0 Å². The second-order valence-corrected chi connectivity index (χ2v) is 5.70. The third-order valence-electron chi connectivity index (χ3n) is 3.75. The number of hydrogen-bond acceptors (Lipinski definition) is 3. The third-order valence-corrected chi connectivity index (χ3v) is 3.75. The van der Waals surface area contributed by atoms with Crippen LogP contribution in [0.15, 0.2) is 24.3 Å². The first-order valence-corrected chi connectivity index (χ1v) is 7.68. The van der Waals surface area contributed by atoms with Gasteiger partial charge in [-0.2, -0.15) is 0 Å². The van der Waals surface area contributed by atoms with Crippen LogP contribution in [0.4, 0.5) is 0 Å². The Morgan fingerprint density at radius 1 is 1.10 bits per heavy atom. The highest BCUT2D eigenvalue weighted by atomic mass is 16.7. The van der Waals surface area contributed by atoms with E-state index < -0.39 is 0 Å². The van der Waals surface area contributed by atoms with E-state index in [1.165, 1.54) is 25.7 Å². The lowest BCUT2D eigenvalue weighted by molar-refractivity contribution is -0.0669. The maximum Gasteiger partial charge on any atom is 0.135 e. The monoisotopic (exact) mass is 275 g/mol. The zero-order chi connectivity index (χ0) is 14.4. The van der Waals surface area contributed by atoms with Gasteiger partial charge in [-0.15, -0.1) is 5.10 Å². The lowest BCUT2D eigenvalue weighted by Crippen LogP contribution is -2.38. The van der Waals surface area contributed by atoms with Gasteiger partial charge in [0.15, 0.2) is 0 Å². The molecule has 0 aliphatic heterocycles. The summed E-state index contributed by atoms with van der Waals surface area (Å²) in [5, 5.41) is 8.29. The van der Waals surface area contributed by atoms with E-state index in [2.05, 4.69) is 31.1 Å². The number of fused-ring (bicyclic) bond motifs is 1. The van der Waals surface area contributed by atoms with Crippen LogP contribution in [0.3, 0.4) is 0 Å². The van der Waals surface area contributed by atoms with Crippen LogP contribution in [0.25, 0.3) is 11.0 Å². The SMILES string of the molecule is CCCCC(C)(CCCC)On1nnc2ccccc21. The van der Waals surface area contributed by atoms with E-state index in [1.807, 2.05) is 24.3 Å². The molecule has 1 heterocycles. The van der Waals surface area contributed by atoms with E-state index in [0.29, 0.717) is 0 Å². The van der Waals surface area contributed by atoms with Gasteiger partial charge in [0.1, 0.15) is 16.6 Å². The van der Waals surface area contributed by atoms with E-state index in [0.717, 1.165) is 23.9 Å². The van der Waals surface area contributed by atoms with Crippen molar-refractivity contribution < 1.29 is 4.84 Å². The molecule has 0 unspecified atom stereocenters. The number of nitrogens with zero attached hydrogens (tertiary/aromatic N) is 3. The summed E-state index contributed by atoms with van der Waals surface area (Å²) in [5.41, 5.74) is 1.65. The van der Waals surface area contributed by atoms with Crippen molar-refractivity contribution in [1.29, 1.82) is 0 Å². The minimum Gasteiger partial charge on any atom is -0.389 e. The van der Waals surface area contributed by atoms with E-state index in [1.54, 1.807) is 4.85 Å². The van der Waals surface area contributed by atoms with Crippen LogP contribution in [0.1, 0.15) is 59.3 Å². The molecule has 0 aliphatic rings. The molecule has 1 aromatic carbocycles. The molecule has 2 rings (SSSR count). The maximum absolute atomic E-state index is 6.20. The zero-order valence-corrected chi connectivity index (χ0v) is 12.8. The van der Waals surface area contributed by atoms with Gasteiger partial charge in [-0.05, 0) is 50.0 Å². The third kappa shape index (κ3) is 3.50. The van der Waals surface area contributed by atoms with Crippen LogP contribution < -0.4 is 4.84 Å². The number of unbranched alkanes of at least 4 members (excludes halogenated alkanes) is 2. The summed E-state index contributed by atoms with van der Waals surface area (Å²) in [5.74, 6) is 0. The maximum atomic E-state index is 6.20. The smallest absolute Gasteiger partial charge is 0.135 e. The van der Waals surface area contributed by atoms with Crippen LogP contribution in [0.5, 0.6) is 0 Å². The molecule has 0 atom stereocenters. The molecule has 0 saturated carbocycles. The van der Waals surface area contributed by atoms with Crippen molar-refractivity contribution in [2.24, 2.45) is 0 Å². The average Bonchev–Trinajstić information content (AvgIpc) is 2.86. The van der Waals surface area contributed by atoms with Gasteiger partial charge in [0.2, 0.25) is 0 Å². The second-order valence-electron chi connectivity index (χ2n) is 5.70. The van der Waals surface area contributed by atoms with Gasteiger partial charge in [0.25, 0.3) is 0 Å². The summed E-state index contributed by atoms with van der Waals surface area (Å²) in [6.07, 6.45) is 6.82. The summed E-state index contributed by atoms with van der Waals surface area (Å²) >= 11 is 0. The minimum atomic E-state index is -0.164. The lowest BCUT2D eigenvalue weighted by Gasteiger charge is -2.29. The Balaban J connectivity index is 2.17. The largest absolute Gasteiger partial charge is 0.389 e. The average molecular weight is 275 g/mol. The highest BCUT2D eigenvalue weighted by Gasteiger charge is 2.27. The van der Waals surface area contributed by atoms with Gasteiger partial charge in [0.05, 0.1) is 0 Å². The predicted octanol–water partition coefficient (Wildman–Crippen LogP) is 4.00. The summed E-state index contributed by atoms with van der Waals surface area (Å²) in [7, 11) is 0. The molecule has 0 bridgehead atoms. The molecular formula is C16H25N3O. The normalized spacial score (nSPS) is 11.9. The summed E-state index contributed by atoms with van der Waals surface area (Å²) in [6, 6.07) is 7.91. The predicted molar refractivity (Wildman–Crippen MR) is 81.6 cm³/mol. The minimum absolute atomic E-state index is 0.164. The number of aromatic nitrogens is 3. The van der Waals surface area contributed by atoms with Crippen LogP contribution in [-0.4, -0.2) is 20.8 Å². The fourth-order valence-corrected chi connectivity index (χ4v) is 2.44. The Bertz CT molecular complexity index is 527. The highest BCUT2D eigenvalue weighted by molar-refractivity contribution is 5.73. The Morgan fingerprint density at radius 3 is 2.40 bits per heavy atom. The van der Waals surface area contributed by atoms with Gasteiger partial charge >= 0.3 is 0 Å². The Morgan fingerprint density at radius 2 is 1.75 bits per heavy atom. The molecule has 0 saturated heterocycles. The van der Waals surface area contributed by atoms with Gasteiger partial charge in [0, 0.05) is 0 Å². The number of benzene rings is 1. The van der Waals surface area contributed by atoms with Crippen molar-refractivity contribution >= 4 is 11.0 Å². The molecule has 0 amide bonds. The van der Waals surface area contributed by atoms with Crippen molar-refractivity contribution in [2.75, 3.05) is 0 Å². The van der Waals surface area contributed by atoms with Crippen molar-refractivity contribution in [3.8, 4) is 0 Å². The topological polar surface area (TPSA) is 39.9 Å². The Labute approximate surface area is 121 Å². The second kappa shape index (κ2) is 6.73. The first-order chi connectivity index (χ1) is 9.68. The fraction of sp³-hybridized carbons (Fsp3) is 0.625. The molecule has 1 aromatic heterocycles. The molecule has 0 aliphatic carbocycles. The summed E-state index contributed by atoms with van der Waals surface area (Å²) in [6.45, 7) is 6.62. The zero-order valence-electron chi connectivity index (χ0n) is 12.8. The lowest BCUT2D eigenvalue weighted by atomic mass is 9.93. The highest BCUT2D eigenvalue weighted by Crippen LogP contribution is 2.24. The van der Waals surface area contributed by atoms with Crippen molar-refractivity contribution in [2.45, 2.75) is 64.9 Å². The molecule has 0 N–H and O–H groups in total.